The minimum Gasteiger partial charge on any atom is -0.480 e. The minimum atomic E-state index is -0.785. The van der Waals surface area contributed by atoms with Crippen LogP contribution in [-0.4, -0.2) is 29.1 Å². The Morgan fingerprint density at radius 1 is 1.42 bits per heavy atom. The maximum atomic E-state index is 11.5. The number of benzene rings is 1. The van der Waals surface area contributed by atoms with E-state index in [9.17, 15) is 9.90 Å². The van der Waals surface area contributed by atoms with E-state index in [1.54, 1.807) is 0 Å². The highest BCUT2D eigenvalue weighted by Crippen LogP contribution is 2.30. The first kappa shape index (κ1) is 13.6. The molecule has 19 heavy (non-hydrogen) atoms. The first-order chi connectivity index (χ1) is 9.24. The average Bonchev–Trinajstić information content (AvgIpc) is 2.42. The van der Waals surface area contributed by atoms with Crippen molar-refractivity contribution < 1.29 is 9.90 Å². The summed E-state index contributed by atoms with van der Waals surface area (Å²) in [5.74, 6) is -0.785. The molecule has 0 saturated heterocycles. The van der Waals surface area contributed by atoms with Crippen molar-refractivity contribution in [3.05, 3.63) is 35.4 Å². The van der Waals surface area contributed by atoms with Gasteiger partial charge in [0, 0.05) is 13.0 Å². The second-order valence-electron chi connectivity index (χ2n) is 4.84. The van der Waals surface area contributed by atoms with Crippen LogP contribution < -0.4 is 0 Å². The number of nitriles is 1. The molecule has 1 N–H and O–H groups in total. The van der Waals surface area contributed by atoms with Crippen LogP contribution in [0.1, 0.15) is 36.4 Å². The van der Waals surface area contributed by atoms with Gasteiger partial charge in [-0.2, -0.15) is 5.26 Å². The molecule has 0 bridgehead atoms. The monoisotopic (exact) mass is 258 g/mol. The highest BCUT2D eigenvalue weighted by Gasteiger charge is 2.31. The van der Waals surface area contributed by atoms with Gasteiger partial charge >= 0.3 is 5.97 Å². The number of fused-ring (bicyclic) bond motifs is 1. The fourth-order valence-corrected chi connectivity index (χ4v) is 2.67. The largest absolute Gasteiger partial charge is 0.480 e. The molecule has 1 aromatic rings. The van der Waals surface area contributed by atoms with E-state index in [4.69, 9.17) is 5.26 Å². The van der Waals surface area contributed by atoms with Crippen LogP contribution in [0.2, 0.25) is 0 Å². The Labute approximate surface area is 113 Å². The van der Waals surface area contributed by atoms with E-state index >= 15 is 0 Å². The van der Waals surface area contributed by atoms with Crippen LogP contribution in [0.3, 0.4) is 0 Å². The number of hydrogen-bond donors (Lipinski definition) is 1. The lowest BCUT2D eigenvalue weighted by Gasteiger charge is -2.34. The number of rotatable bonds is 5. The fourth-order valence-electron chi connectivity index (χ4n) is 2.67. The SMILES string of the molecule is N#CCCCCN1CCc2ccccc2C1C(=O)O. The van der Waals surface area contributed by atoms with Crippen LogP contribution in [0.25, 0.3) is 0 Å². The zero-order valence-corrected chi connectivity index (χ0v) is 10.9. The molecule has 0 aliphatic carbocycles. The zero-order valence-electron chi connectivity index (χ0n) is 10.9. The van der Waals surface area contributed by atoms with Gasteiger partial charge in [0.1, 0.15) is 6.04 Å². The Morgan fingerprint density at radius 2 is 2.21 bits per heavy atom. The topological polar surface area (TPSA) is 64.3 Å². The quantitative estimate of drug-likeness (QED) is 0.823. The first-order valence-electron chi connectivity index (χ1n) is 6.65. The van der Waals surface area contributed by atoms with Crippen molar-refractivity contribution in [1.29, 1.82) is 5.26 Å². The second kappa shape index (κ2) is 6.35. The van der Waals surface area contributed by atoms with Gasteiger partial charge in [0.2, 0.25) is 0 Å². The molecule has 1 heterocycles. The van der Waals surface area contributed by atoms with Gasteiger partial charge in [-0.25, -0.2) is 0 Å². The molecular formula is C15H18N2O2. The highest BCUT2D eigenvalue weighted by molar-refractivity contribution is 5.76. The highest BCUT2D eigenvalue weighted by atomic mass is 16.4. The molecule has 1 atom stereocenters. The van der Waals surface area contributed by atoms with Crippen LogP contribution in [0.4, 0.5) is 0 Å². The van der Waals surface area contributed by atoms with Gasteiger partial charge in [0.05, 0.1) is 6.07 Å². The Morgan fingerprint density at radius 3 is 2.95 bits per heavy atom. The fraction of sp³-hybridized carbons (Fsp3) is 0.467. The van der Waals surface area contributed by atoms with E-state index < -0.39 is 12.0 Å². The van der Waals surface area contributed by atoms with Crippen molar-refractivity contribution in [2.75, 3.05) is 13.1 Å². The number of hydrogen-bond acceptors (Lipinski definition) is 3. The molecule has 0 aromatic heterocycles. The zero-order chi connectivity index (χ0) is 13.7. The molecule has 1 aromatic carbocycles. The van der Waals surface area contributed by atoms with Crippen LogP contribution in [0, 0.1) is 11.3 Å². The lowest BCUT2D eigenvalue weighted by Crippen LogP contribution is -2.40. The lowest BCUT2D eigenvalue weighted by atomic mass is 9.92. The van der Waals surface area contributed by atoms with Gasteiger partial charge in [0.25, 0.3) is 0 Å². The molecule has 0 fully saturated rings. The van der Waals surface area contributed by atoms with E-state index in [0.717, 1.165) is 43.5 Å². The van der Waals surface area contributed by atoms with Crippen molar-refractivity contribution in [1.82, 2.24) is 4.90 Å². The van der Waals surface area contributed by atoms with E-state index in [-0.39, 0.29) is 0 Å². The van der Waals surface area contributed by atoms with E-state index in [1.165, 1.54) is 0 Å². The number of unbranched alkanes of at least 4 members (excludes halogenated alkanes) is 2. The summed E-state index contributed by atoms with van der Waals surface area (Å²) < 4.78 is 0. The predicted octanol–water partition coefficient (Wildman–Crippen LogP) is 2.36. The molecule has 1 aliphatic rings. The van der Waals surface area contributed by atoms with Crippen LogP contribution in [0.5, 0.6) is 0 Å². The van der Waals surface area contributed by atoms with Crippen LogP contribution in [0.15, 0.2) is 24.3 Å². The summed E-state index contributed by atoms with van der Waals surface area (Å²) in [6.07, 6.45) is 3.15. The standard InChI is InChI=1S/C15H18N2O2/c16-9-4-1-5-10-17-11-8-12-6-2-3-7-13(12)14(17)15(18)19/h2-3,6-7,14H,1,4-5,8,10-11H2,(H,18,19). The Bertz CT molecular complexity index is 493. The van der Waals surface area contributed by atoms with Crippen molar-refractivity contribution in [3.8, 4) is 6.07 Å². The van der Waals surface area contributed by atoms with E-state index in [2.05, 4.69) is 6.07 Å². The number of carboxylic acid groups (broad SMARTS) is 1. The number of nitrogens with zero attached hydrogens (tertiary/aromatic N) is 2. The molecule has 0 spiro atoms. The molecule has 1 unspecified atom stereocenters. The third kappa shape index (κ3) is 3.12. The van der Waals surface area contributed by atoms with E-state index in [1.807, 2.05) is 29.2 Å². The maximum Gasteiger partial charge on any atom is 0.325 e. The number of aliphatic carboxylic acids is 1. The molecule has 4 heteroatoms. The number of carboxylic acids is 1. The van der Waals surface area contributed by atoms with Gasteiger partial charge in [0.15, 0.2) is 0 Å². The summed E-state index contributed by atoms with van der Waals surface area (Å²) in [7, 11) is 0. The Hall–Kier alpha value is -1.86. The minimum absolute atomic E-state index is 0.535. The van der Waals surface area contributed by atoms with Crippen molar-refractivity contribution in [3.63, 3.8) is 0 Å². The smallest absolute Gasteiger partial charge is 0.325 e. The van der Waals surface area contributed by atoms with Gasteiger partial charge in [-0.1, -0.05) is 24.3 Å². The van der Waals surface area contributed by atoms with Crippen LogP contribution in [-0.2, 0) is 11.2 Å². The molecule has 0 saturated carbocycles. The molecule has 2 rings (SSSR count). The third-order valence-electron chi connectivity index (χ3n) is 3.60. The molecule has 4 nitrogen and oxygen atoms in total. The summed E-state index contributed by atoms with van der Waals surface area (Å²) in [4.78, 5) is 13.5. The first-order valence-corrected chi connectivity index (χ1v) is 6.65. The molecule has 100 valence electrons. The normalized spacial score (nSPS) is 18.6. The van der Waals surface area contributed by atoms with E-state index in [0.29, 0.717) is 6.42 Å². The molecule has 0 radical (unpaired) electrons. The second-order valence-corrected chi connectivity index (χ2v) is 4.84. The van der Waals surface area contributed by atoms with Gasteiger partial charge in [-0.15, -0.1) is 0 Å². The molecular weight excluding hydrogens is 240 g/mol. The molecule has 0 amide bonds. The van der Waals surface area contributed by atoms with Gasteiger partial charge in [-0.05, 0) is 36.9 Å². The van der Waals surface area contributed by atoms with Gasteiger partial charge < -0.3 is 5.11 Å². The Kier molecular flexibility index (Phi) is 4.53. The summed E-state index contributed by atoms with van der Waals surface area (Å²) in [5, 5.41) is 18.0. The summed E-state index contributed by atoms with van der Waals surface area (Å²) in [5.41, 5.74) is 2.06. The predicted molar refractivity (Wildman–Crippen MR) is 71.6 cm³/mol. The summed E-state index contributed by atoms with van der Waals surface area (Å²) >= 11 is 0. The third-order valence-corrected chi connectivity index (χ3v) is 3.60. The summed E-state index contributed by atoms with van der Waals surface area (Å²) in [6.45, 7) is 1.52. The van der Waals surface area contributed by atoms with Crippen LogP contribution >= 0.6 is 0 Å². The Balaban J connectivity index is 2.09. The maximum absolute atomic E-state index is 11.5. The van der Waals surface area contributed by atoms with Crippen molar-refractivity contribution >= 4 is 5.97 Å². The number of carbonyl (C=O) groups is 1. The molecule has 1 aliphatic heterocycles. The van der Waals surface area contributed by atoms with Crippen molar-refractivity contribution in [2.24, 2.45) is 0 Å². The van der Waals surface area contributed by atoms with Gasteiger partial charge in [-0.3, -0.25) is 9.69 Å². The average molecular weight is 258 g/mol. The summed E-state index contributed by atoms with van der Waals surface area (Å²) in [6, 6.07) is 9.36. The lowest BCUT2D eigenvalue weighted by molar-refractivity contribution is -0.144. The van der Waals surface area contributed by atoms with Crippen molar-refractivity contribution in [2.45, 2.75) is 31.7 Å².